The number of rotatable bonds is 4. The van der Waals surface area contributed by atoms with Gasteiger partial charge in [0, 0.05) is 0 Å². The summed E-state index contributed by atoms with van der Waals surface area (Å²) in [5.74, 6) is -1.21. The lowest BCUT2D eigenvalue weighted by molar-refractivity contribution is -0.138. The fourth-order valence-electron chi connectivity index (χ4n) is 1.57. The first-order chi connectivity index (χ1) is 7.38. The van der Waals surface area contributed by atoms with Crippen molar-refractivity contribution in [1.82, 2.24) is 0 Å². The molecule has 1 aromatic rings. The van der Waals surface area contributed by atoms with Crippen molar-refractivity contribution < 1.29 is 9.90 Å². The lowest BCUT2D eigenvalue weighted by Crippen LogP contribution is -2.15. The monoisotopic (exact) mass is 220 g/mol. The molecule has 1 aromatic carbocycles. The highest BCUT2D eigenvalue weighted by Gasteiger charge is 2.19. The van der Waals surface area contributed by atoms with Gasteiger partial charge in [0.2, 0.25) is 0 Å². The molecule has 2 nitrogen and oxygen atoms in total. The van der Waals surface area contributed by atoms with Gasteiger partial charge in [-0.2, -0.15) is 0 Å². The second-order valence-corrected chi connectivity index (χ2v) is 4.92. The molecule has 0 radical (unpaired) electrons. The molecule has 0 heterocycles. The number of carboxylic acids is 1. The molecule has 0 aliphatic heterocycles. The minimum Gasteiger partial charge on any atom is -0.481 e. The molecular weight excluding hydrogens is 200 g/mol. The van der Waals surface area contributed by atoms with Gasteiger partial charge in [-0.05, 0) is 29.9 Å². The molecule has 0 unspecified atom stereocenters. The summed E-state index contributed by atoms with van der Waals surface area (Å²) in [4.78, 5) is 10.8. The number of hydrogen-bond donors (Lipinski definition) is 1. The Bertz CT molecular complexity index is 363. The van der Waals surface area contributed by atoms with Crippen LogP contribution in [0.1, 0.15) is 51.2 Å². The van der Waals surface area contributed by atoms with Crippen molar-refractivity contribution in [3.63, 3.8) is 0 Å². The minimum absolute atomic E-state index is 0.158. The highest BCUT2D eigenvalue weighted by molar-refractivity contribution is 5.75. The Balaban J connectivity index is 2.96. The van der Waals surface area contributed by atoms with Gasteiger partial charge < -0.3 is 5.11 Å². The van der Waals surface area contributed by atoms with E-state index in [9.17, 15) is 4.79 Å². The van der Waals surface area contributed by atoms with Gasteiger partial charge in [0.05, 0.1) is 5.92 Å². The van der Waals surface area contributed by atoms with Crippen LogP contribution in [0, 0.1) is 0 Å². The molecule has 88 valence electrons. The van der Waals surface area contributed by atoms with Gasteiger partial charge in [0.25, 0.3) is 0 Å². The standard InChI is InChI=1S/C14H20O2/c1-5-14(3,4)12-8-6-11(7-9-12)10(2)13(15)16/h6-10H,5H2,1-4H3,(H,15,16)/t10-/m0/s1. The Morgan fingerprint density at radius 2 is 1.81 bits per heavy atom. The summed E-state index contributed by atoms with van der Waals surface area (Å²) >= 11 is 0. The maximum atomic E-state index is 10.8. The SMILES string of the molecule is CCC(C)(C)c1ccc([C@H](C)C(=O)O)cc1. The first kappa shape index (κ1) is 12.8. The Morgan fingerprint density at radius 1 is 1.31 bits per heavy atom. The molecule has 1 atom stereocenters. The van der Waals surface area contributed by atoms with Crippen LogP contribution in [0.5, 0.6) is 0 Å². The third kappa shape index (κ3) is 2.63. The third-order valence-corrected chi connectivity index (χ3v) is 3.45. The van der Waals surface area contributed by atoms with Gasteiger partial charge in [-0.25, -0.2) is 0 Å². The van der Waals surface area contributed by atoms with Crippen LogP contribution in [0.4, 0.5) is 0 Å². The van der Waals surface area contributed by atoms with Crippen molar-refractivity contribution in [1.29, 1.82) is 0 Å². The predicted octanol–water partition coefficient (Wildman–Crippen LogP) is 3.56. The van der Waals surface area contributed by atoms with Gasteiger partial charge in [-0.15, -0.1) is 0 Å². The summed E-state index contributed by atoms with van der Waals surface area (Å²) in [6, 6.07) is 7.92. The van der Waals surface area contributed by atoms with E-state index in [1.54, 1.807) is 6.92 Å². The molecular formula is C14H20O2. The average molecular weight is 220 g/mol. The van der Waals surface area contributed by atoms with E-state index in [0.717, 1.165) is 12.0 Å². The average Bonchev–Trinajstić information content (AvgIpc) is 2.28. The molecule has 0 saturated carbocycles. The second kappa shape index (κ2) is 4.69. The zero-order chi connectivity index (χ0) is 12.3. The Morgan fingerprint density at radius 3 is 2.19 bits per heavy atom. The molecule has 0 bridgehead atoms. The molecule has 0 aromatic heterocycles. The topological polar surface area (TPSA) is 37.3 Å². The zero-order valence-corrected chi connectivity index (χ0v) is 10.4. The highest BCUT2D eigenvalue weighted by atomic mass is 16.4. The van der Waals surface area contributed by atoms with Crippen LogP contribution in [0.2, 0.25) is 0 Å². The van der Waals surface area contributed by atoms with E-state index in [0.29, 0.717) is 0 Å². The predicted molar refractivity (Wildman–Crippen MR) is 65.8 cm³/mol. The first-order valence-electron chi connectivity index (χ1n) is 5.71. The molecule has 0 spiro atoms. The van der Waals surface area contributed by atoms with E-state index in [2.05, 4.69) is 20.8 Å². The van der Waals surface area contributed by atoms with Gasteiger partial charge in [0.1, 0.15) is 0 Å². The van der Waals surface area contributed by atoms with Crippen molar-refractivity contribution in [2.24, 2.45) is 0 Å². The fourth-order valence-corrected chi connectivity index (χ4v) is 1.57. The lowest BCUT2D eigenvalue weighted by atomic mass is 9.81. The summed E-state index contributed by atoms with van der Waals surface area (Å²) in [5.41, 5.74) is 2.28. The minimum atomic E-state index is -0.775. The van der Waals surface area contributed by atoms with Gasteiger partial charge in [-0.3, -0.25) is 4.79 Å². The van der Waals surface area contributed by atoms with Crippen LogP contribution >= 0.6 is 0 Å². The van der Waals surface area contributed by atoms with E-state index in [4.69, 9.17) is 5.11 Å². The van der Waals surface area contributed by atoms with Gasteiger partial charge in [0.15, 0.2) is 0 Å². The quantitative estimate of drug-likeness (QED) is 0.842. The van der Waals surface area contributed by atoms with Crippen molar-refractivity contribution in [3.8, 4) is 0 Å². The first-order valence-corrected chi connectivity index (χ1v) is 5.71. The van der Waals surface area contributed by atoms with Crippen LogP contribution in [0.3, 0.4) is 0 Å². The molecule has 0 saturated heterocycles. The largest absolute Gasteiger partial charge is 0.481 e. The van der Waals surface area contributed by atoms with Crippen LogP contribution < -0.4 is 0 Å². The molecule has 0 fully saturated rings. The van der Waals surface area contributed by atoms with Crippen molar-refractivity contribution in [2.75, 3.05) is 0 Å². The summed E-state index contributed by atoms with van der Waals surface area (Å²) < 4.78 is 0. The number of benzene rings is 1. The number of aliphatic carboxylic acids is 1. The Labute approximate surface area is 97.3 Å². The number of hydrogen-bond acceptors (Lipinski definition) is 1. The summed E-state index contributed by atoms with van der Waals surface area (Å²) in [5, 5.41) is 8.91. The second-order valence-electron chi connectivity index (χ2n) is 4.92. The van der Waals surface area contributed by atoms with Crippen LogP contribution in [0.25, 0.3) is 0 Å². The fraction of sp³-hybridized carbons (Fsp3) is 0.500. The van der Waals surface area contributed by atoms with E-state index in [1.807, 2.05) is 24.3 Å². The Hall–Kier alpha value is -1.31. The molecule has 0 aliphatic carbocycles. The maximum absolute atomic E-state index is 10.8. The van der Waals surface area contributed by atoms with Crippen LogP contribution in [-0.4, -0.2) is 11.1 Å². The normalized spacial score (nSPS) is 13.5. The van der Waals surface area contributed by atoms with E-state index >= 15 is 0 Å². The maximum Gasteiger partial charge on any atom is 0.310 e. The third-order valence-electron chi connectivity index (χ3n) is 3.45. The molecule has 16 heavy (non-hydrogen) atoms. The number of carboxylic acid groups (broad SMARTS) is 1. The zero-order valence-electron chi connectivity index (χ0n) is 10.4. The van der Waals surface area contributed by atoms with E-state index < -0.39 is 11.9 Å². The summed E-state index contributed by atoms with van der Waals surface area (Å²) in [6.45, 7) is 8.27. The molecule has 0 amide bonds. The smallest absolute Gasteiger partial charge is 0.310 e. The van der Waals surface area contributed by atoms with Crippen molar-refractivity contribution in [2.45, 2.75) is 45.4 Å². The van der Waals surface area contributed by atoms with Crippen molar-refractivity contribution >= 4 is 5.97 Å². The van der Waals surface area contributed by atoms with Crippen LogP contribution in [-0.2, 0) is 10.2 Å². The van der Waals surface area contributed by atoms with Gasteiger partial charge >= 0.3 is 5.97 Å². The summed E-state index contributed by atoms with van der Waals surface area (Å²) in [7, 11) is 0. The Kier molecular flexibility index (Phi) is 3.74. The lowest BCUT2D eigenvalue weighted by Gasteiger charge is -2.23. The van der Waals surface area contributed by atoms with E-state index in [-0.39, 0.29) is 5.41 Å². The molecule has 1 rings (SSSR count). The van der Waals surface area contributed by atoms with Gasteiger partial charge in [-0.1, -0.05) is 45.0 Å². The molecule has 2 heteroatoms. The highest BCUT2D eigenvalue weighted by Crippen LogP contribution is 2.27. The van der Waals surface area contributed by atoms with E-state index in [1.165, 1.54) is 5.56 Å². The molecule has 0 aliphatic rings. The molecule has 1 N–H and O–H groups in total. The number of carbonyl (C=O) groups is 1. The van der Waals surface area contributed by atoms with Crippen LogP contribution in [0.15, 0.2) is 24.3 Å². The van der Waals surface area contributed by atoms with Crippen molar-refractivity contribution in [3.05, 3.63) is 35.4 Å². The summed E-state index contributed by atoms with van der Waals surface area (Å²) in [6.07, 6.45) is 1.07.